The molecule has 0 bridgehead atoms. The lowest BCUT2D eigenvalue weighted by Crippen LogP contribution is -2.20. The van der Waals surface area contributed by atoms with Gasteiger partial charge in [-0.2, -0.15) is 0 Å². The van der Waals surface area contributed by atoms with Crippen molar-refractivity contribution in [2.75, 3.05) is 5.32 Å². The first-order valence-electron chi connectivity index (χ1n) is 8.32. The maximum Gasteiger partial charge on any atom is 0.0423 e. The molecule has 3 aromatic carbocycles. The molecule has 0 saturated heterocycles. The Kier molecular flexibility index (Phi) is 3.63. The van der Waals surface area contributed by atoms with Gasteiger partial charge in [0, 0.05) is 17.3 Å². The van der Waals surface area contributed by atoms with Gasteiger partial charge in [-0.05, 0) is 41.2 Å². The molecule has 1 heterocycles. The quantitative estimate of drug-likeness (QED) is 0.649. The van der Waals surface area contributed by atoms with Crippen molar-refractivity contribution in [2.45, 2.75) is 19.3 Å². The molecule has 3 aromatic rings. The minimum Gasteiger partial charge on any atom is -0.355 e. The van der Waals surface area contributed by atoms with Crippen LogP contribution in [-0.2, 0) is 6.42 Å². The third kappa shape index (κ3) is 2.63. The van der Waals surface area contributed by atoms with Crippen LogP contribution in [0.25, 0.3) is 0 Å². The van der Waals surface area contributed by atoms with Gasteiger partial charge < -0.3 is 5.32 Å². The number of para-hydroxylation sites is 2. The van der Waals surface area contributed by atoms with Gasteiger partial charge in [0.15, 0.2) is 0 Å². The Bertz CT molecular complexity index is 761. The van der Waals surface area contributed by atoms with E-state index in [0.717, 1.165) is 6.42 Å². The maximum absolute atomic E-state index is 3.59. The van der Waals surface area contributed by atoms with E-state index >= 15 is 0 Å². The first kappa shape index (κ1) is 14.1. The Labute approximate surface area is 138 Å². The van der Waals surface area contributed by atoms with E-state index in [0.29, 0.717) is 11.8 Å². The van der Waals surface area contributed by atoms with Crippen LogP contribution in [0.15, 0.2) is 78.9 Å². The summed E-state index contributed by atoms with van der Waals surface area (Å²) in [5.41, 5.74) is 6.73. The molecule has 1 N–H and O–H groups in total. The van der Waals surface area contributed by atoms with Crippen molar-refractivity contribution in [3.63, 3.8) is 0 Å². The molecule has 1 aliphatic heterocycles. The molecule has 0 saturated carbocycles. The highest BCUT2D eigenvalue weighted by atomic mass is 14.9. The largest absolute Gasteiger partial charge is 0.355 e. The highest BCUT2D eigenvalue weighted by Gasteiger charge is 2.29. The number of hydrogen-bond acceptors (Lipinski definition) is 1. The van der Waals surface area contributed by atoms with E-state index < -0.39 is 0 Å². The first-order chi connectivity index (χ1) is 11.3. The summed E-state index contributed by atoms with van der Waals surface area (Å²) in [5.74, 6) is 0.977. The molecular weight excluding hydrogens is 278 g/mol. The number of rotatable bonds is 3. The van der Waals surface area contributed by atoms with Gasteiger partial charge in [0.1, 0.15) is 0 Å². The molecule has 0 fully saturated rings. The van der Waals surface area contributed by atoms with E-state index in [1.54, 1.807) is 0 Å². The minimum atomic E-state index is 0.434. The van der Waals surface area contributed by atoms with Gasteiger partial charge >= 0.3 is 0 Å². The van der Waals surface area contributed by atoms with E-state index in [1.165, 1.54) is 28.1 Å². The number of nitrogens with one attached hydrogen (secondary N) is 1. The number of hydrogen-bond donors (Lipinski definition) is 1. The highest BCUT2D eigenvalue weighted by Crippen LogP contribution is 2.45. The van der Waals surface area contributed by atoms with Crippen LogP contribution in [0.2, 0.25) is 0 Å². The predicted molar refractivity (Wildman–Crippen MR) is 97.3 cm³/mol. The van der Waals surface area contributed by atoms with Gasteiger partial charge in [-0.25, -0.2) is 0 Å². The van der Waals surface area contributed by atoms with Crippen LogP contribution in [-0.4, -0.2) is 0 Å². The monoisotopic (exact) mass is 299 g/mol. The van der Waals surface area contributed by atoms with Gasteiger partial charge in [0.05, 0.1) is 0 Å². The molecule has 114 valence electrons. The molecule has 1 atom stereocenters. The zero-order valence-corrected chi connectivity index (χ0v) is 13.4. The first-order valence-corrected chi connectivity index (χ1v) is 8.32. The zero-order valence-electron chi connectivity index (χ0n) is 13.4. The standard InChI is InChI=1S/C22H21N/c1-16(15-17-9-3-2-4-10-17)22-18-11-5-7-13-20(18)23-21-14-8-6-12-19(21)22/h2-14,16,22-23H,15H2,1H3/t16-/m0/s1. The summed E-state index contributed by atoms with van der Waals surface area (Å²) in [6.45, 7) is 2.37. The summed E-state index contributed by atoms with van der Waals surface area (Å²) >= 11 is 0. The molecule has 0 aliphatic carbocycles. The summed E-state index contributed by atoms with van der Waals surface area (Å²) < 4.78 is 0. The average Bonchev–Trinajstić information content (AvgIpc) is 2.60. The van der Waals surface area contributed by atoms with Gasteiger partial charge in [-0.3, -0.25) is 0 Å². The Balaban J connectivity index is 1.75. The maximum atomic E-state index is 3.59. The second-order valence-corrected chi connectivity index (χ2v) is 6.44. The normalized spacial score (nSPS) is 14.5. The highest BCUT2D eigenvalue weighted by molar-refractivity contribution is 5.73. The Morgan fingerprint density at radius 1 is 0.739 bits per heavy atom. The summed E-state index contributed by atoms with van der Waals surface area (Å²) in [6, 6.07) is 28.2. The third-order valence-corrected chi connectivity index (χ3v) is 4.83. The lowest BCUT2D eigenvalue weighted by molar-refractivity contribution is 0.509. The van der Waals surface area contributed by atoms with Crippen molar-refractivity contribution in [1.29, 1.82) is 0 Å². The summed E-state index contributed by atoms with van der Waals surface area (Å²) in [4.78, 5) is 0. The third-order valence-electron chi connectivity index (χ3n) is 4.83. The van der Waals surface area contributed by atoms with Crippen LogP contribution < -0.4 is 5.32 Å². The fourth-order valence-corrected chi connectivity index (χ4v) is 3.79. The molecule has 4 rings (SSSR count). The molecule has 1 nitrogen and oxygen atoms in total. The van der Waals surface area contributed by atoms with Crippen molar-refractivity contribution in [1.82, 2.24) is 0 Å². The van der Waals surface area contributed by atoms with E-state index in [4.69, 9.17) is 0 Å². The molecule has 1 aliphatic rings. The number of anilines is 2. The minimum absolute atomic E-state index is 0.434. The predicted octanol–water partition coefficient (Wildman–Crippen LogP) is 5.75. The molecule has 0 radical (unpaired) electrons. The fourth-order valence-electron chi connectivity index (χ4n) is 3.79. The van der Waals surface area contributed by atoms with E-state index in [-0.39, 0.29) is 0 Å². The molecule has 0 unspecified atom stereocenters. The average molecular weight is 299 g/mol. The van der Waals surface area contributed by atoms with Gasteiger partial charge in [0.25, 0.3) is 0 Å². The van der Waals surface area contributed by atoms with Crippen molar-refractivity contribution in [2.24, 2.45) is 5.92 Å². The molecule has 1 heteroatoms. The fraction of sp³-hybridized carbons (Fsp3) is 0.182. The van der Waals surface area contributed by atoms with Crippen LogP contribution >= 0.6 is 0 Å². The zero-order chi connectivity index (χ0) is 15.6. The molecule has 0 aromatic heterocycles. The second-order valence-electron chi connectivity index (χ2n) is 6.44. The van der Waals surface area contributed by atoms with Crippen molar-refractivity contribution < 1.29 is 0 Å². The van der Waals surface area contributed by atoms with Gasteiger partial charge in [0.2, 0.25) is 0 Å². The number of benzene rings is 3. The van der Waals surface area contributed by atoms with Crippen LogP contribution in [0.1, 0.15) is 29.5 Å². The van der Waals surface area contributed by atoms with Crippen LogP contribution in [0.3, 0.4) is 0 Å². The SMILES string of the molecule is C[C@@H](Cc1ccccc1)C1c2ccccc2Nc2ccccc21. The van der Waals surface area contributed by atoms with Crippen molar-refractivity contribution in [3.05, 3.63) is 95.6 Å². The van der Waals surface area contributed by atoms with Gasteiger partial charge in [-0.1, -0.05) is 73.7 Å². The summed E-state index contributed by atoms with van der Waals surface area (Å²) in [6.07, 6.45) is 1.09. The van der Waals surface area contributed by atoms with Crippen molar-refractivity contribution in [3.8, 4) is 0 Å². The molecule has 0 spiro atoms. The van der Waals surface area contributed by atoms with E-state index in [2.05, 4.69) is 91.1 Å². The van der Waals surface area contributed by atoms with Crippen LogP contribution in [0.4, 0.5) is 11.4 Å². The number of fused-ring (bicyclic) bond motifs is 2. The smallest absolute Gasteiger partial charge is 0.0423 e. The second kappa shape index (κ2) is 5.92. The van der Waals surface area contributed by atoms with E-state index in [9.17, 15) is 0 Å². The summed E-state index contributed by atoms with van der Waals surface area (Å²) in [5, 5.41) is 3.59. The Morgan fingerprint density at radius 2 is 1.26 bits per heavy atom. The molecule has 0 amide bonds. The Hall–Kier alpha value is -2.54. The molecule has 23 heavy (non-hydrogen) atoms. The van der Waals surface area contributed by atoms with E-state index in [1.807, 2.05) is 0 Å². The topological polar surface area (TPSA) is 12.0 Å². The lowest BCUT2D eigenvalue weighted by atomic mass is 9.76. The lowest BCUT2D eigenvalue weighted by Gasteiger charge is -2.33. The van der Waals surface area contributed by atoms with Crippen molar-refractivity contribution >= 4 is 11.4 Å². The van der Waals surface area contributed by atoms with Gasteiger partial charge in [-0.15, -0.1) is 0 Å². The van der Waals surface area contributed by atoms with Crippen LogP contribution in [0, 0.1) is 5.92 Å². The van der Waals surface area contributed by atoms with Crippen LogP contribution in [0.5, 0.6) is 0 Å². The molecular formula is C22H21N. The Morgan fingerprint density at radius 3 is 1.87 bits per heavy atom. The summed E-state index contributed by atoms with van der Waals surface area (Å²) in [7, 11) is 0.